The molecule has 310 valence electrons. The third-order valence-corrected chi connectivity index (χ3v) is 11.6. The predicted octanol–water partition coefficient (Wildman–Crippen LogP) is 14.2. The fourth-order valence-electron chi connectivity index (χ4n) is 8.51. The van der Waals surface area contributed by atoms with Gasteiger partial charge in [-0.15, -0.1) is 0 Å². The van der Waals surface area contributed by atoms with E-state index in [2.05, 4.69) is 55.9 Å². The Balaban J connectivity index is 1.08. The van der Waals surface area contributed by atoms with Crippen LogP contribution in [0, 0.1) is 17.7 Å². The molecule has 0 aliphatic heterocycles. The van der Waals surface area contributed by atoms with Crippen LogP contribution in [0.3, 0.4) is 0 Å². The van der Waals surface area contributed by atoms with E-state index in [9.17, 15) is 5.26 Å². The van der Waals surface area contributed by atoms with E-state index in [4.69, 9.17) is 23.4 Å². The van der Waals surface area contributed by atoms with Crippen molar-refractivity contribution in [1.29, 1.82) is 5.26 Å². The van der Waals surface area contributed by atoms with Crippen molar-refractivity contribution in [2.45, 2.75) is 26.2 Å². The molecule has 0 fully saturated rings. The van der Waals surface area contributed by atoms with Crippen LogP contribution in [0.25, 0.3) is 83.4 Å². The van der Waals surface area contributed by atoms with Gasteiger partial charge in [0.2, 0.25) is 0 Å². The molecular formula is C59H43N5O. The highest BCUT2D eigenvalue weighted by Crippen LogP contribution is 2.39. The number of para-hydroxylation sites is 3. The Labute approximate surface area is 392 Å². The molecule has 0 amide bonds. The summed E-state index contributed by atoms with van der Waals surface area (Å²) < 4.78 is 99.4. The summed E-state index contributed by atoms with van der Waals surface area (Å²) in [5, 5.41) is 11.9. The molecule has 11 rings (SSSR count). The van der Waals surface area contributed by atoms with Gasteiger partial charge in [0, 0.05) is 23.0 Å². The number of nitrogens with zero attached hydrogens (tertiary/aromatic N) is 5. The maximum absolute atomic E-state index is 9.98. The minimum Gasteiger partial charge on any atom is -0.458 e. The smallest absolute Gasteiger partial charge is 0.269 e. The first-order valence-corrected chi connectivity index (χ1v) is 21.0. The standard InChI is InChI=1S/C59H43N5O/c1-59(2,3)44-32-33-61-57(35-44)64-53-31-28-42(48-23-11-10-20-43(48)38-60)34-52(53)51-30-29-47(37-56(51)64)65-46-22-14-21-45(36-46)62-39-63(55-27-13-12-26-54(55)62)58-49(40-16-6-4-7-17-40)24-15-25-50(58)41-18-8-5-9-19-41/h4-37H,1-3H3/i4D,5D,6D,7D,8D,9D,16D,17D,18D,19D. The van der Waals surface area contributed by atoms with Crippen molar-refractivity contribution < 1.29 is 23.0 Å². The first-order valence-electron chi connectivity index (χ1n) is 26.0. The number of rotatable bonds is 8. The molecule has 0 radical (unpaired) electrons. The third kappa shape index (κ3) is 7.10. The molecule has 0 aliphatic rings. The Morgan fingerprint density at radius 1 is 0.615 bits per heavy atom. The van der Waals surface area contributed by atoms with Crippen LogP contribution < -0.4 is 9.30 Å². The van der Waals surface area contributed by atoms with Crippen molar-refractivity contribution in [3.8, 4) is 68.1 Å². The second-order valence-electron chi connectivity index (χ2n) is 16.6. The fourth-order valence-corrected chi connectivity index (χ4v) is 8.51. The molecule has 3 heterocycles. The summed E-state index contributed by atoms with van der Waals surface area (Å²) in [5.41, 5.74) is 7.02. The Kier molecular flexibility index (Phi) is 7.31. The van der Waals surface area contributed by atoms with Gasteiger partial charge in [-0.3, -0.25) is 13.7 Å². The number of benzene rings is 8. The lowest BCUT2D eigenvalue weighted by Gasteiger charge is -2.20. The summed E-state index contributed by atoms with van der Waals surface area (Å²) in [4.78, 5) is 4.88. The number of imidazole rings is 1. The maximum Gasteiger partial charge on any atom is 0.269 e. The van der Waals surface area contributed by atoms with E-state index in [0.29, 0.717) is 33.8 Å². The molecule has 0 N–H and O–H groups in total. The first kappa shape index (κ1) is 29.7. The zero-order chi connectivity index (χ0) is 52.8. The highest BCUT2D eigenvalue weighted by Gasteiger charge is 2.22. The molecule has 0 unspecified atom stereocenters. The molecule has 0 bridgehead atoms. The van der Waals surface area contributed by atoms with Gasteiger partial charge in [0.1, 0.15) is 17.3 Å². The van der Waals surface area contributed by atoms with Crippen molar-refractivity contribution in [2.75, 3.05) is 0 Å². The Hall–Kier alpha value is -8.53. The van der Waals surface area contributed by atoms with Gasteiger partial charge in [-0.2, -0.15) is 5.26 Å². The number of ether oxygens (including phenoxy) is 1. The molecule has 0 atom stereocenters. The molecule has 0 saturated carbocycles. The predicted molar refractivity (Wildman–Crippen MR) is 262 cm³/mol. The van der Waals surface area contributed by atoms with Crippen LogP contribution in [0.5, 0.6) is 11.5 Å². The Bertz CT molecular complexity index is 4100. The summed E-state index contributed by atoms with van der Waals surface area (Å²) in [7, 11) is 0. The number of hydrogen-bond donors (Lipinski definition) is 0. The maximum atomic E-state index is 9.98. The zero-order valence-corrected chi connectivity index (χ0v) is 35.5. The minimum atomic E-state index is -0.575. The molecule has 8 aromatic carbocycles. The SMILES string of the molecule is [2H]c1c([2H])c([2H])c(-c2cccc(-c3c([2H])c([2H])c([2H])c([2H])c3[2H])c2-[n+]2[c-]n(-c3cccc(Oc4ccc5c6cc(-c7ccccc7C#N)ccc6n(-c6cc(C(C)(C)C)ccn6)c5c4)c3)c3ccccc32)c([2H])c1[2H]. The molecule has 0 aliphatic carbocycles. The summed E-state index contributed by atoms with van der Waals surface area (Å²) >= 11 is 0. The van der Waals surface area contributed by atoms with Crippen LogP contribution in [0.1, 0.15) is 45.6 Å². The number of nitriles is 1. The van der Waals surface area contributed by atoms with E-state index in [1.165, 1.54) is 0 Å². The highest BCUT2D eigenvalue weighted by molar-refractivity contribution is 6.11. The largest absolute Gasteiger partial charge is 0.458 e. The summed E-state index contributed by atoms with van der Waals surface area (Å²) in [6.45, 7) is 6.49. The molecule has 6 heteroatoms. The second kappa shape index (κ2) is 16.0. The Morgan fingerprint density at radius 2 is 1.31 bits per heavy atom. The Morgan fingerprint density at radius 3 is 2.06 bits per heavy atom. The van der Waals surface area contributed by atoms with E-state index in [1.54, 1.807) is 27.3 Å². The molecule has 65 heavy (non-hydrogen) atoms. The van der Waals surface area contributed by atoms with Crippen LogP contribution in [-0.4, -0.2) is 14.1 Å². The topological polar surface area (TPSA) is 59.6 Å². The zero-order valence-electron chi connectivity index (χ0n) is 45.5. The lowest BCUT2D eigenvalue weighted by molar-refractivity contribution is -0.571. The number of fused-ring (bicyclic) bond motifs is 4. The molecular weight excluding hydrogens is 795 g/mol. The van der Waals surface area contributed by atoms with E-state index >= 15 is 0 Å². The fraction of sp³-hybridized carbons (Fsp3) is 0.0678. The van der Waals surface area contributed by atoms with E-state index in [1.807, 2.05) is 109 Å². The summed E-state index contributed by atoms with van der Waals surface area (Å²) in [5.74, 6) is 1.76. The average Bonchev–Trinajstić information content (AvgIpc) is 3.96. The summed E-state index contributed by atoms with van der Waals surface area (Å²) in [6.07, 6.45) is 5.27. The van der Waals surface area contributed by atoms with Gasteiger partial charge in [-0.25, -0.2) is 4.98 Å². The average molecular weight is 848 g/mol. The van der Waals surface area contributed by atoms with E-state index < -0.39 is 60.4 Å². The van der Waals surface area contributed by atoms with Gasteiger partial charge in [-0.05, 0) is 105 Å². The molecule has 6 nitrogen and oxygen atoms in total. The van der Waals surface area contributed by atoms with Gasteiger partial charge in [0.05, 0.1) is 58.8 Å². The third-order valence-electron chi connectivity index (χ3n) is 11.6. The minimum absolute atomic E-state index is 0.142. The van der Waals surface area contributed by atoms with Crippen molar-refractivity contribution in [3.63, 3.8) is 0 Å². The van der Waals surface area contributed by atoms with Crippen molar-refractivity contribution >= 4 is 32.8 Å². The normalized spacial score (nSPS) is 13.8. The van der Waals surface area contributed by atoms with Gasteiger partial charge < -0.3 is 4.74 Å². The van der Waals surface area contributed by atoms with E-state index in [-0.39, 0.29) is 33.4 Å². The first-order chi connectivity index (χ1) is 36.0. The van der Waals surface area contributed by atoms with E-state index in [0.717, 1.165) is 44.3 Å². The summed E-state index contributed by atoms with van der Waals surface area (Å²) in [6, 6.07) is 40.3. The molecule has 0 saturated heterocycles. The van der Waals surface area contributed by atoms with Crippen molar-refractivity contribution in [1.82, 2.24) is 14.1 Å². The van der Waals surface area contributed by atoms with Crippen LogP contribution >= 0.6 is 0 Å². The van der Waals surface area contributed by atoms with Crippen LogP contribution in [0.4, 0.5) is 0 Å². The monoisotopic (exact) mass is 847 g/mol. The number of aromatic nitrogens is 4. The van der Waals surface area contributed by atoms with Gasteiger partial charge in [-0.1, -0.05) is 154 Å². The quantitative estimate of drug-likeness (QED) is 0.113. The van der Waals surface area contributed by atoms with Crippen LogP contribution in [-0.2, 0) is 5.41 Å². The lowest BCUT2D eigenvalue weighted by Crippen LogP contribution is -2.31. The number of pyridine rings is 1. The van der Waals surface area contributed by atoms with Crippen molar-refractivity contribution in [3.05, 3.63) is 224 Å². The highest BCUT2D eigenvalue weighted by atomic mass is 16.5. The van der Waals surface area contributed by atoms with Gasteiger partial charge in [0.25, 0.3) is 6.33 Å². The van der Waals surface area contributed by atoms with Crippen LogP contribution in [0.15, 0.2) is 206 Å². The molecule has 11 aromatic rings. The van der Waals surface area contributed by atoms with Gasteiger partial charge in [0.15, 0.2) is 0 Å². The number of hydrogen-bond acceptors (Lipinski definition) is 3. The van der Waals surface area contributed by atoms with Crippen LogP contribution in [0.2, 0.25) is 0 Å². The van der Waals surface area contributed by atoms with Crippen molar-refractivity contribution in [2.24, 2.45) is 0 Å². The lowest BCUT2D eigenvalue weighted by atomic mass is 9.88. The molecule has 0 spiro atoms. The molecule has 3 aromatic heterocycles. The van der Waals surface area contributed by atoms with Gasteiger partial charge >= 0.3 is 0 Å². The second-order valence-corrected chi connectivity index (χ2v) is 16.6.